The van der Waals surface area contributed by atoms with Gasteiger partial charge in [-0.05, 0) is 42.0 Å². The van der Waals surface area contributed by atoms with Crippen LogP contribution in [0.15, 0.2) is 73.6 Å². The Kier molecular flexibility index (Phi) is 7.52. The van der Waals surface area contributed by atoms with Gasteiger partial charge >= 0.3 is 6.61 Å². The van der Waals surface area contributed by atoms with Crippen molar-refractivity contribution in [2.75, 3.05) is 11.9 Å². The number of pyridine rings is 1. The number of nitrogens with one attached hydrogen (secondary N) is 2. The molecule has 0 spiro atoms. The van der Waals surface area contributed by atoms with Crippen LogP contribution in [-0.2, 0) is 13.1 Å². The first kappa shape index (κ1) is 25.2. The topological polar surface area (TPSA) is 111 Å². The summed E-state index contributed by atoms with van der Waals surface area (Å²) in [5.74, 6) is -0.618. The molecule has 5 rings (SSSR count). The highest BCUT2D eigenvalue weighted by molar-refractivity contribution is 6.31. The molecule has 0 aliphatic rings. The second-order valence-corrected chi connectivity index (χ2v) is 8.54. The van der Waals surface area contributed by atoms with E-state index in [1.807, 2.05) is 12.1 Å². The molecule has 0 bridgehead atoms. The molecular weight excluding hydrogens is 518 g/mol. The normalized spacial score (nSPS) is 11.3. The van der Waals surface area contributed by atoms with Crippen molar-refractivity contribution in [3.05, 3.63) is 89.7 Å². The number of hydrogen-bond donors (Lipinski definition) is 2. The fourth-order valence-corrected chi connectivity index (χ4v) is 3.99. The Morgan fingerprint density at radius 1 is 1.16 bits per heavy atom. The van der Waals surface area contributed by atoms with E-state index < -0.39 is 12.5 Å². The highest BCUT2D eigenvalue weighted by Gasteiger charge is 2.22. The monoisotopic (exact) mass is 538 g/mol. The number of hydrogen-bond acceptors (Lipinski definition) is 7. The van der Waals surface area contributed by atoms with Crippen molar-refractivity contribution >= 4 is 28.8 Å². The lowest BCUT2D eigenvalue weighted by Gasteiger charge is -2.11. The van der Waals surface area contributed by atoms with Gasteiger partial charge in [0.1, 0.15) is 17.0 Å². The maximum Gasteiger partial charge on any atom is 0.387 e. The molecule has 0 radical (unpaired) electrons. The summed E-state index contributed by atoms with van der Waals surface area (Å²) >= 11 is 6.18. The van der Waals surface area contributed by atoms with Crippen LogP contribution in [0.4, 0.5) is 14.5 Å². The standard InChI is InChI=1S/C25H21ClF2N8O2/c26-17-2-3-21(38-25(27)28)18(12-17)22-20(33-24(37)19-14-32-36-10-1-6-31-23(19)36)15-35(34-22)11-9-30-13-16-4-7-29-8-5-16/h1-8,10,12,14-15,25,30H,9,11,13H2,(H,33,37). The molecule has 1 aromatic carbocycles. The zero-order valence-electron chi connectivity index (χ0n) is 19.8. The number of ether oxygens (including phenoxy) is 1. The molecule has 4 aromatic heterocycles. The smallest absolute Gasteiger partial charge is 0.387 e. The highest BCUT2D eigenvalue weighted by Crippen LogP contribution is 2.37. The van der Waals surface area contributed by atoms with Crippen molar-refractivity contribution in [1.82, 2.24) is 34.7 Å². The summed E-state index contributed by atoms with van der Waals surface area (Å²) in [5, 5.41) is 15.1. The lowest BCUT2D eigenvalue weighted by molar-refractivity contribution is -0.0494. The summed E-state index contributed by atoms with van der Waals surface area (Å²) in [4.78, 5) is 21.4. The molecule has 0 saturated carbocycles. The van der Waals surface area contributed by atoms with Crippen molar-refractivity contribution in [3.8, 4) is 17.0 Å². The van der Waals surface area contributed by atoms with E-state index in [0.29, 0.717) is 30.3 Å². The minimum atomic E-state index is -3.06. The quantitative estimate of drug-likeness (QED) is 0.255. The molecule has 1 amide bonds. The molecule has 5 aromatic rings. The molecule has 2 N–H and O–H groups in total. The molecule has 4 heterocycles. The van der Waals surface area contributed by atoms with E-state index in [9.17, 15) is 13.6 Å². The minimum Gasteiger partial charge on any atom is -0.434 e. The van der Waals surface area contributed by atoms with Gasteiger partial charge in [0.05, 0.1) is 18.4 Å². The molecule has 0 aliphatic carbocycles. The number of rotatable bonds is 10. The summed E-state index contributed by atoms with van der Waals surface area (Å²) in [7, 11) is 0. The molecule has 13 heteroatoms. The van der Waals surface area contributed by atoms with E-state index >= 15 is 0 Å². The maximum absolute atomic E-state index is 13.2. The fraction of sp³-hybridized carbons (Fsp3) is 0.160. The second-order valence-electron chi connectivity index (χ2n) is 8.11. The average Bonchev–Trinajstić information content (AvgIpc) is 3.52. The van der Waals surface area contributed by atoms with Crippen LogP contribution in [0, 0.1) is 0 Å². The van der Waals surface area contributed by atoms with Crippen molar-refractivity contribution in [1.29, 1.82) is 0 Å². The van der Waals surface area contributed by atoms with E-state index in [1.165, 1.54) is 28.9 Å². The van der Waals surface area contributed by atoms with Crippen molar-refractivity contribution in [2.45, 2.75) is 19.7 Å². The summed E-state index contributed by atoms with van der Waals surface area (Å²) in [6.45, 7) is -1.46. The predicted molar refractivity (Wildman–Crippen MR) is 136 cm³/mol. The number of benzene rings is 1. The van der Waals surface area contributed by atoms with Gasteiger partial charge in [0.15, 0.2) is 5.65 Å². The maximum atomic E-state index is 13.2. The second kappa shape index (κ2) is 11.3. The molecule has 38 heavy (non-hydrogen) atoms. The Bertz CT molecular complexity index is 1560. The Hall–Kier alpha value is -4.42. The molecule has 194 valence electrons. The van der Waals surface area contributed by atoms with Crippen LogP contribution in [0.3, 0.4) is 0 Å². The third kappa shape index (κ3) is 5.76. The number of anilines is 1. The Morgan fingerprint density at radius 2 is 2.00 bits per heavy atom. The van der Waals surface area contributed by atoms with Crippen molar-refractivity contribution < 1.29 is 18.3 Å². The number of amides is 1. The van der Waals surface area contributed by atoms with E-state index in [0.717, 1.165) is 5.56 Å². The minimum absolute atomic E-state index is 0.126. The van der Waals surface area contributed by atoms with E-state index in [4.69, 9.17) is 16.3 Å². The third-order valence-electron chi connectivity index (χ3n) is 5.54. The Balaban J connectivity index is 1.43. The third-order valence-corrected chi connectivity index (χ3v) is 5.78. The number of nitrogens with zero attached hydrogens (tertiary/aromatic N) is 6. The van der Waals surface area contributed by atoms with Gasteiger partial charge in [0.2, 0.25) is 0 Å². The Labute approximate surface area is 220 Å². The van der Waals surface area contributed by atoms with Crippen molar-refractivity contribution in [3.63, 3.8) is 0 Å². The van der Waals surface area contributed by atoms with Crippen LogP contribution >= 0.6 is 11.6 Å². The molecule has 0 unspecified atom stereocenters. The first-order valence-corrected chi connectivity index (χ1v) is 11.9. The summed E-state index contributed by atoms with van der Waals surface area (Å²) < 4.78 is 34.0. The van der Waals surface area contributed by atoms with Gasteiger partial charge in [0.25, 0.3) is 5.91 Å². The van der Waals surface area contributed by atoms with E-state index in [-0.39, 0.29) is 28.3 Å². The van der Waals surface area contributed by atoms with Gasteiger partial charge in [-0.1, -0.05) is 11.6 Å². The fourth-order valence-electron chi connectivity index (χ4n) is 3.82. The molecule has 0 atom stereocenters. The zero-order valence-corrected chi connectivity index (χ0v) is 20.5. The predicted octanol–water partition coefficient (Wildman–Crippen LogP) is 4.28. The van der Waals surface area contributed by atoms with Crippen molar-refractivity contribution in [2.24, 2.45) is 0 Å². The van der Waals surface area contributed by atoms with Crippen LogP contribution in [0.1, 0.15) is 15.9 Å². The van der Waals surface area contributed by atoms with Crippen LogP contribution in [0.25, 0.3) is 16.9 Å². The average molecular weight is 539 g/mol. The first-order chi connectivity index (χ1) is 18.5. The van der Waals surface area contributed by atoms with E-state index in [1.54, 1.807) is 41.7 Å². The lowest BCUT2D eigenvalue weighted by atomic mass is 10.1. The van der Waals surface area contributed by atoms with Gasteiger partial charge in [-0.25, -0.2) is 9.50 Å². The van der Waals surface area contributed by atoms with Crippen LogP contribution < -0.4 is 15.4 Å². The first-order valence-electron chi connectivity index (χ1n) is 11.5. The van der Waals surface area contributed by atoms with Gasteiger partial charge < -0.3 is 15.4 Å². The van der Waals surface area contributed by atoms with Gasteiger partial charge in [-0.2, -0.15) is 19.0 Å². The molecular formula is C25H21ClF2N8O2. The van der Waals surface area contributed by atoms with Crippen LogP contribution in [-0.4, -0.2) is 48.4 Å². The number of fused-ring (bicyclic) bond motifs is 1. The SMILES string of the molecule is O=C(Nc1cn(CCNCc2ccncc2)nc1-c1cc(Cl)ccc1OC(F)F)c1cnn2cccnc12. The number of halogens is 3. The number of carbonyl (C=O) groups excluding carboxylic acids is 1. The highest BCUT2D eigenvalue weighted by atomic mass is 35.5. The summed E-state index contributed by atoms with van der Waals surface area (Å²) in [5.41, 5.74) is 2.37. The largest absolute Gasteiger partial charge is 0.434 e. The summed E-state index contributed by atoms with van der Waals surface area (Å²) in [6.07, 6.45) is 9.67. The number of carbonyl (C=O) groups is 1. The molecule has 0 fully saturated rings. The van der Waals surface area contributed by atoms with Crippen LogP contribution in [0.5, 0.6) is 5.75 Å². The van der Waals surface area contributed by atoms with Crippen LogP contribution in [0.2, 0.25) is 5.02 Å². The van der Waals surface area contributed by atoms with Gasteiger partial charge in [-0.3, -0.25) is 14.5 Å². The molecule has 0 aliphatic heterocycles. The molecule has 10 nitrogen and oxygen atoms in total. The van der Waals surface area contributed by atoms with Gasteiger partial charge in [-0.15, -0.1) is 0 Å². The Morgan fingerprint density at radius 3 is 2.82 bits per heavy atom. The van der Waals surface area contributed by atoms with Gasteiger partial charge in [0, 0.05) is 54.7 Å². The lowest BCUT2D eigenvalue weighted by Crippen LogP contribution is -2.19. The van der Waals surface area contributed by atoms with E-state index in [2.05, 4.69) is 30.8 Å². The number of alkyl halides is 2. The summed E-state index contributed by atoms with van der Waals surface area (Å²) in [6, 6.07) is 9.74. The number of aromatic nitrogens is 6. The molecule has 0 saturated heterocycles. The zero-order chi connectivity index (χ0) is 26.5.